The maximum Gasteiger partial charge on any atom is 0.252 e. The zero-order chi connectivity index (χ0) is 13.1. The van der Waals surface area contributed by atoms with E-state index in [2.05, 4.69) is 25.9 Å². The van der Waals surface area contributed by atoms with Crippen LogP contribution in [0.25, 0.3) is 0 Å². The van der Waals surface area contributed by atoms with Crippen LogP contribution in [0.3, 0.4) is 0 Å². The van der Waals surface area contributed by atoms with E-state index in [9.17, 15) is 4.79 Å². The molecular formula is C9H6Cl2IN5O. The van der Waals surface area contributed by atoms with Gasteiger partial charge in [-0.3, -0.25) is 4.79 Å². The first-order valence-corrected chi connectivity index (χ1v) is 6.56. The summed E-state index contributed by atoms with van der Waals surface area (Å²) in [5, 5.41) is 16.6. The highest BCUT2D eigenvalue weighted by Gasteiger charge is 2.14. The van der Waals surface area contributed by atoms with Gasteiger partial charge in [-0.25, -0.2) is 0 Å². The first-order valence-electron chi connectivity index (χ1n) is 4.73. The SMILES string of the molecule is O=C(NCc1nn[nH]n1)c1cc(Cl)cc(Cl)c1I. The summed E-state index contributed by atoms with van der Waals surface area (Å²) in [6.45, 7) is 0.176. The summed E-state index contributed by atoms with van der Waals surface area (Å²) < 4.78 is 0.643. The molecule has 0 fully saturated rings. The fraction of sp³-hybridized carbons (Fsp3) is 0.111. The number of benzene rings is 1. The van der Waals surface area contributed by atoms with Gasteiger partial charge in [0.1, 0.15) is 0 Å². The van der Waals surface area contributed by atoms with Crippen LogP contribution in [0, 0.1) is 3.57 Å². The second-order valence-electron chi connectivity index (χ2n) is 3.26. The molecule has 18 heavy (non-hydrogen) atoms. The smallest absolute Gasteiger partial charge is 0.252 e. The molecule has 0 spiro atoms. The minimum absolute atomic E-state index is 0.176. The number of aromatic amines is 1. The third-order valence-corrected chi connectivity index (χ3v) is 4.03. The fourth-order valence-corrected chi connectivity index (χ4v) is 2.28. The molecule has 0 saturated heterocycles. The molecule has 9 heteroatoms. The number of tetrazole rings is 1. The number of rotatable bonds is 3. The van der Waals surface area contributed by atoms with Crippen molar-refractivity contribution < 1.29 is 4.79 Å². The Hall–Kier alpha value is -0.930. The van der Waals surface area contributed by atoms with Crippen molar-refractivity contribution in [3.05, 3.63) is 37.1 Å². The van der Waals surface area contributed by atoms with E-state index in [1.54, 1.807) is 12.1 Å². The molecule has 1 aromatic carbocycles. The first-order chi connectivity index (χ1) is 8.58. The number of hydrogen-bond donors (Lipinski definition) is 2. The summed E-state index contributed by atoms with van der Waals surface area (Å²) in [5.41, 5.74) is 0.414. The van der Waals surface area contributed by atoms with Gasteiger partial charge in [0.05, 0.1) is 17.1 Å². The minimum atomic E-state index is -0.298. The maximum atomic E-state index is 11.9. The second-order valence-corrected chi connectivity index (χ2v) is 5.18. The first kappa shape index (κ1) is 13.5. The summed E-state index contributed by atoms with van der Waals surface area (Å²) in [6, 6.07) is 3.14. The van der Waals surface area contributed by atoms with Crippen LogP contribution in [0.1, 0.15) is 16.2 Å². The van der Waals surface area contributed by atoms with Gasteiger partial charge in [0.15, 0.2) is 5.82 Å². The van der Waals surface area contributed by atoms with Crippen molar-refractivity contribution in [1.82, 2.24) is 25.9 Å². The molecular weight excluding hydrogens is 392 g/mol. The van der Waals surface area contributed by atoms with Crippen molar-refractivity contribution in [2.75, 3.05) is 0 Å². The molecule has 0 aliphatic carbocycles. The lowest BCUT2D eigenvalue weighted by molar-refractivity contribution is 0.0949. The Morgan fingerprint density at radius 2 is 2.22 bits per heavy atom. The number of hydrogen-bond acceptors (Lipinski definition) is 4. The third-order valence-electron chi connectivity index (χ3n) is 2.03. The van der Waals surface area contributed by atoms with Crippen LogP contribution in [0.4, 0.5) is 0 Å². The van der Waals surface area contributed by atoms with Gasteiger partial charge >= 0.3 is 0 Å². The van der Waals surface area contributed by atoms with E-state index in [0.717, 1.165) is 0 Å². The quantitative estimate of drug-likeness (QED) is 0.613. The van der Waals surface area contributed by atoms with E-state index in [0.29, 0.717) is 25.0 Å². The van der Waals surface area contributed by atoms with E-state index in [1.807, 2.05) is 22.6 Å². The summed E-state index contributed by atoms with van der Waals surface area (Å²) in [7, 11) is 0. The van der Waals surface area contributed by atoms with Gasteiger partial charge in [-0.2, -0.15) is 5.21 Å². The fourth-order valence-electron chi connectivity index (χ4n) is 1.23. The molecule has 0 unspecified atom stereocenters. The molecule has 0 aliphatic heterocycles. The van der Waals surface area contributed by atoms with E-state index in [1.165, 1.54) is 0 Å². The van der Waals surface area contributed by atoms with Crippen molar-refractivity contribution >= 4 is 51.7 Å². The van der Waals surface area contributed by atoms with Crippen molar-refractivity contribution in [2.45, 2.75) is 6.54 Å². The van der Waals surface area contributed by atoms with Crippen LogP contribution in [0.5, 0.6) is 0 Å². The van der Waals surface area contributed by atoms with E-state index >= 15 is 0 Å². The molecule has 1 amide bonds. The molecule has 0 saturated carbocycles. The molecule has 1 aromatic heterocycles. The van der Waals surface area contributed by atoms with Gasteiger partial charge in [-0.15, -0.1) is 10.2 Å². The van der Waals surface area contributed by atoms with Gasteiger partial charge in [0.25, 0.3) is 5.91 Å². The molecule has 2 rings (SSSR count). The van der Waals surface area contributed by atoms with Crippen molar-refractivity contribution in [1.29, 1.82) is 0 Å². The molecule has 94 valence electrons. The van der Waals surface area contributed by atoms with Crippen LogP contribution in [0.15, 0.2) is 12.1 Å². The predicted octanol–water partition coefficient (Wildman–Crippen LogP) is 2.04. The minimum Gasteiger partial charge on any atom is -0.345 e. The lowest BCUT2D eigenvalue weighted by atomic mass is 10.2. The number of carbonyl (C=O) groups excluding carboxylic acids is 1. The Morgan fingerprint density at radius 3 is 2.89 bits per heavy atom. The number of amides is 1. The van der Waals surface area contributed by atoms with Crippen LogP contribution < -0.4 is 5.32 Å². The molecule has 2 N–H and O–H groups in total. The average molecular weight is 398 g/mol. The molecule has 1 heterocycles. The zero-order valence-corrected chi connectivity index (χ0v) is 12.4. The number of carbonyl (C=O) groups is 1. The Morgan fingerprint density at radius 1 is 1.44 bits per heavy atom. The summed E-state index contributed by atoms with van der Waals surface area (Å²) in [6.07, 6.45) is 0. The third kappa shape index (κ3) is 3.09. The Kier molecular flexibility index (Phi) is 4.36. The Balaban J connectivity index is 2.14. The highest BCUT2D eigenvalue weighted by atomic mass is 127. The molecule has 0 aliphatic rings. The lowest BCUT2D eigenvalue weighted by Gasteiger charge is -2.07. The zero-order valence-electron chi connectivity index (χ0n) is 8.75. The Labute approximate surface area is 126 Å². The maximum absolute atomic E-state index is 11.9. The highest BCUT2D eigenvalue weighted by Crippen LogP contribution is 2.26. The largest absolute Gasteiger partial charge is 0.345 e. The van der Waals surface area contributed by atoms with Gasteiger partial charge in [-0.1, -0.05) is 28.4 Å². The number of nitrogens with one attached hydrogen (secondary N) is 2. The number of nitrogens with zero attached hydrogens (tertiary/aromatic N) is 3. The van der Waals surface area contributed by atoms with Crippen molar-refractivity contribution in [3.8, 4) is 0 Å². The number of aromatic nitrogens is 4. The standard InChI is InChI=1S/C9H6Cl2IN5O/c10-4-1-5(8(12)6(11)2-4)9(18)13-3-7-14-16-17-15-7/h1-2H,3H2,(H,13,18)(H,14,15,16,17). The van der Waals surface area contributed by atoms with Crippen LogP contribution in [-0.2, 0) is 6.54 Å². The van der Waals surface area contributed by atoms with Crippen LogP contribution in [0.2, 0.25) is 10.0 Å². The average Bonchev–Trinajstić information content (AvgIpc) is 2.83. The van der Waals surface area contributed by atoms with Gasteiger partial charge < -0.3 is 5.32 Å². The summed E-state index contributed by atoms with van der Waals surface area (Å²) >= 11 is 13.8. The van der Waals surface area contributed by atoms with E-state index in [4.69, 9.17) is 23.2 Å². The molecule has 0 bridgehead atoms. The summed E-state index contributed by atoms with van der Waals surface area (Å²) in [5.74, 6) is 0.0973. The van der Waals surface area contributed by atoms with Gasteiger partial charge in [0.2, 0.25) is 0 Å². The van der Waals surface area contributed by atoms with E-state index in [-0.39, 0.29) is 12.5 Å². The topological polar surface area (TPSA) is 83.6 Å². The van der Waals surface area contributed by atoms with Crippen molar-refractivity contribution in [3.63, 3.8) is 0 Å². The second kappa shape index (κ2) is 5.81. The number of halogens is 3. The van der Waals surface area contributed by atoms with Gasteiger partial charge in [-0.05, 0) is 34.7 Å². The lowest BCUT2D eigenvalue weighted by Crippen LogP contribution is -2.24. The van der Waals surface area contributed by atoms with Crippen LogP contribution >= 0.6 is 45.8 Å². The molecule has 2 aromatic rings. The number of H-pyrrole nitrogens is 1. The van der Waals surface area contributed by atoms with E-state index < -0.39 is 0 Å². The predicted molar refractivity (Wildman–Crippen MR) is 74.5 cm³/mol. The summed E-state index contributed by atoms with van der Waals surface area (Å²) in [4.78, 5) is 11.9. The highest BCUT2D eigenvalue weighted by molar-refractivity contribution is 14.1. The normalized spacial score (nSPS) is 10.4. The molecule has 0 atom stereocenters. The molecule has 6 nitrogen and oxygen atoms in total. The van der Waals surface area contributed by atoms with Crippen LogP contribution in [-0.4, -0.2) is 26.5 Å². The monoisotopic (exact) mass is 397 g/mol. The van der Waals surface area contributed by atoms with Crippen molar-refractivity contribution in [2.24, 2.45) is 0 Å². The molecule has 0 radical (unpaired) electrons. The van der Waals surface area contributed by atoms with Gasteiger partial charge in [0, 0.05) is 8.59 Å². The Bertz CT molecular complexity index is 575.